The highest BCUT2D eigenvalue weighted by atomic mass is 16.6. The second-order valence-electron chi connectivity index (χ2n) is 5.36. The van der Waals surface area contributed by atoms with E-state index in [2.05, 4.69) is 15.3 Å². The lowest BCUT2D eigenvalue weighted by Gasteiger charge is -2.08. The van der Waals surface area contributed by atoms with Crippen LogP contribution in [0.4, 0.5) is 11.5 Å². The number of hydrogen-bond donors (Lipinski definition) is 2. The number of non-ortho nitro benzene ring substituents is 1. The molecule has 1 heterocycles. The maximum Gasteiger partial charge on any atom is 0.335 e. The van der Waals surface area contributed by atoms with Crippen LogP contribution in [0.3, 0.4) is 0 Å². The third-order valence-corrected chi connectivity index (χ3v) is 3.74. The van der Waals surface area contributed by atoms with E-state index in [9.17, 15) is 14.9 Å². The molecule has 0 spiro atoms. The second-order valence-corrected chi connectivity index (χ2v) is 5.36. The van der Waals surface area contributed by atoms with Crippen LogP contribution in [0.25, 0.3) is 10.9 Å². The first kappa shape index (κ1) is 16.3. The zero-order valence-electron chi connectivity index (χ0n) is 13.0. The molecule has 0 amide bonds. The molecule has 8 nitrogen and oxygen atoms in total. The van der Waals surface area contributed by atoms with E-state index in [4.69, 9.17) is 5.11 Å². The van der Waals surface area contributed by atoms with E-state index in [1.54, 1.807) is 30.3 Å². The first-order valence-electron chi connectivity index (χ1n) is 7.50. The smallest absolute Gasteiger partial charge is 0.335 e. The minimum Gasteiger partial charge on any atom is -0.478 e. The van der Waals surface area contributed by atoms with E-state index in [1.807, 2.05) is 0 Å². The second kappa shape index (κ2) is 6.91. The van der Waals surface area contributed by atoms with E-state index in [-0.39, 0.29) is 11.3 Å². The van der Waals surface area contributed by atoms with Gasteiger partial charge in [0.2, 0.25) is 0 Å². The molecule has 2 N–H and O–H groups in total. The number of hydrogen-bond acceptors (Lipinski definition) is 6. The fraction of sp³-hybridized carbons (Fsp3) is 0.118. The summed E-state index contributed by atoms with van der Waals surface area (Å²) in [6.07, 6.45) is 2.05. The number of aromatic nitrogens is 2. The number of nitro groups is 1. The number of carboxylic acid groups (broad SMARTS) is 1. The zero-order valence-corrected chi connectivity index (χ0v) is 13.0. The molecule has 0 aliphatic heterocycles. The molecular formula is C17H14N4O4. The number of benzene rings is 2. The summed E-state index contributed by atoms with van der Waals surface area (Å²) >= 11 is 0. The minimum atomic E-state index is -0.960. The predicted octanol–water partition coefficient (Wildman–Crippen LogP) is 2.89. The molecule has 0 atom stereocenters. The van der Waals surface area contributed by atoms with Crippen molar-refractivity contribution in [2.75, 3.05) is 11.9 Å². The molecule has 3 aromatic rings. The first-order chi connectivity index (χ1) is 12.0. The fourth-order valence-electron chi connectivity index (χ4n) is 2.44. The van der Waals surface area contributed by atoms with Crippen molar-refractivity contribution in [3.8, 4) is 0 Å². The van der Waals surface area contributed by atoms with E-state index in [0.29, 0.717) is 29.7 Å². The molecule has 0 unspecified atom stereocenters. The topological polar surface area (TPSA) is 118 Å². The number of carbonyl (C=O) groups is 1. The summed E-state index contributed by atoms with van der Waals surface area (Å²) in [6.45, 7) is 0.543. The number of aromatic carboxylic acids is 1. The van der Waals surface area contributed by atoms with Crippen molar-refractivity contribution in [3.63, 3.8) is 0 Å². The van der Waals surface area contributed by atoms with Gasteiger partial charge in [0, 0.05) is 24.1 Å². The maximum absolute atomic E-state index is 10.9. The predicted molar refractivity (Wildman–Crippen MR) is 91.8 cm³/mol. The van der Waals surface area contributed by atoms with Crippen LogP contribution in [0.15, 0.2) is 48.8 Å². The average Bonchev–Trinajstić information content (AvgIpc) is 2.62. The van der Waals surface area contributed by atoms with Crippen molar-refractivity contribution in [1.29, 1.82) is 0 Å². The van der Waals surface area contributed by atoms with E-state index >= 15 is 0 Å². The Kier molecular flexibility index (Phi) is 4.51. The Hall–Kier alpha value is -3.55. The Labute approximate surface area is 142 Å². The number of fused-ring (bicyclic) bond motifs is 1. The van der Waals surface area contributed by atoms with Gasteiger partial charge in [-0.1, -0.05) is 12.1 Å². The standard InChI is InChI=1S/C17H14N4O4/c22-17(23)12-3-1-11(2-4-12)7-8-18-16-14-9-13(21(24)25)5-6-15(14)19-10-20-16/h1-6,9-10H,7-8H2,(H,22,23)(H,18,19,20). The van der Waals surface area contributed by atoms with Gasteiger partial charge in [-0.25, -0.2) is 14.8 Å². The molecule has 0 fully saturated rings. The number of carboxylic acids is 1. The van der Waals surface area contributed by atoms with Crippen molar-refractivity contribution >= 4 is 28.4 Å². The van der Waals surface area contributed by atoms with Crippen molar-refractivity contribution in [2.24, 2.45) is 0 Å². The molecule has 8 heteroatoms. The van der Waals surface area contributed by atoms with Crippen molar-refractivity contribution in [3.05, 3.63) is 70.0 Å². The third kappa shape index (κ3) is 3.69. The Balaban J connectivity index is 1.73. The molecule has 0 aliphatic carbocycles. The summed E-state index contributed by atoms with van der Waals surface area (Å²) in [5.41, 5.74) is 1.82. The summed E-state index contributed by atoms with van der Waals surface area (Å²) in [6, 6.07) is 11.1. The van der Waals surface area contributed by atoms with Gasteiger partial charge in [-0.15, -0.1) is 0 Å². The third-order valence-electron chi connectivity index (χ3n) is 3.74. The quantitative estimate of drug-likeness (QED) is 0.524. The van der Waals surface area contributed by atoms with Crippen molar-refractivity contribution < 1.29 is 14.8 Å². The van der Waals surface area contributed by atoms with Crippen LogP contribution < -0.4 is 5.32 Å². The van der Waals surface area contributed by atoms with Gasteiger partial charge in [-0.2, -0.15) is 0 Å². The molecule has 3 rings (SSSR count). The van der Waals surface area contributed by atoms with Gasteiger partial charge in [-0.3, -0.25) is 10.1 Å². The van der Waals surface area contributed by atoms with Crippen molar-refractivity contribution in [1.82, 2.24) is 9.97 Å². The Bertz CT molecular complexity index is 941. The van der Waals surface area contributed by atoms with Gasteiger partial charge in [0.15, 0.2) is 0 Å². The molecule has 0 radical (unpaired) electrons. The minimum absolute atomic E-state index is 0.0189. The molecule has 126 valence electrons. The van der Waals surface area contributed by atoms with Crippen LogP contribution in [-0.4, -0.2) is 32.5 Å². The highest BCUT2D eigenvalue weighted by Gasteiger charge is 2.10. The van der Waals surface area contributed by atoms with Crippen molar-refractivity contribution in [2.45, 2.75) is 6.42 Å². The Morgan fingerprint density at radius 1 is 1.16 bits per heavy atom. The lowest BCUT2D eigenvalue weighted by molar-refractivity contribution is -0.384. The van der Waals surface area contributed by atoms with Crippen LogP contribution >= 0.6 is 0 Å². The van der Waals surface area contributed by atoms with Crippen LogP contribution in [0.1, 0.15) is 15.9 Å². The van der Waals surface area contributed by atoms with Gasteiger partial charge in [0.1, 0.15) is 12.1 Å². The SMILES string of the molecule is O=C(O)c1ccc(CCNc2ncnc3ccc([N+](=O)[O-])cc23)cc1. The number of nitrogens with one attached hydrogen (secondary N) is 1. The monoisotopic (exact) mass is 338 g/mol. The maximum atomic E-state index is 10.9. The highest BCUT2D eigenvalue weighted by molar-refractivity contribution is 5.90. The number of rotatable bonds is 6. The van der Waals surface area contributed by atoms with E-state index in [0.717, 1.165) is 5.56 Å². The molecule has 0 saturated heterocycles. The Morgan fingerprint density at radius 2 is 1.92 bits per heavy atom. The van der Waals surface area contributed by atoms with Gasteiger partial charge < -0.3 is 10.4 Å². The van der Waals surface area contributed by atoms with Crippen LogP contribution in [0.2, 0.25) is 0 Å². The van der Waals surface area contributed by atoms with Gasteiger partial charge in [0.25, 0.3) is 5.69 Å². The van der Waals surface area contributed by atoms with Gasteiger partial charge >= 0.3 is 5.97 Å². The van der Waals surface area contributed by atoms with E-state index < -0.39 is 10.9 Å². The van der Waals surface area contributed by atoms with E-state index in [1.165, 1.54) is 18.5 Å². The normalized spacial score (nSPS) is 10.6. The number of nitro benzene ring substituents is 1. The van der Waals surface area contributed by atoms with Gasteiger partial charge in [-0.05, 0) is 30.2 Å². The largest absolute Gasteiger partial charge is 0.478 e. The molecule has 1 aromatic heterocycles. The highest BCUT2D eigenvalue weighted by Crippen LogP contribution is 2.24. The number of nitrogens with zero attached hydrogens (tertiary/aromatic N) is 3. The summed E-state index contributed by atoms with van der Waals surface area (Å²) in [5, 5.41) is 23.6. The lowest BCUT2D eigenvalue weighted by atomic mass is 10.1. The molecule has 2 aromatic carbocycles. The first-order valence-corrected chi connectivity index (χ1v) is 7.50. The average molecular weight is 338 g/mol. The zero-order chi connectivity index (χ0) is 17.8. The molecule has 0 saturated carbocycles. The Morgan fingerprint density at radius 3 is 2.60 bits per heavy atom. The summed E-state index contributed by atoms with van der Waals surface area (Å²) in [5.74, 6) is -0.436. The lowest BCUT2D eigenvalue weighted by Crippen LogP contribution is -2.07. The van der Waals surface area contributed by atoms with Gasteiger partial charge in [0.05, 0.1) is 16.0 Å². The summed E-state index contributed by atoms with van der Waals surface area (Å²) in [7, 11) is 0. The molecule has 0 aliphatic rings. The molecular weight excluding hydrogens is 324 g/mol. The number of anilines is 1. The molecule has 0 bridgehead atoms. The van der Waals surface area contributed by atoms with Crippen LogP contribution in [-0.2, 0) is 6.42 Å². The summed E-state index contributed by atoms with van der Waals surface area (Å²) in [4.78, 5) is 29.6. The summed E-state index contributed by atoms with van der Waals surface area (Å²) < 4.78 is 0. The van der Waals surface area contributed by atoms with Crippen LogP contribution in [0.5, 0.6) is 0 Å². The van der Waals surface area contributed by atoms with Crippen LogP contribution in [0, 0.1) is 10.1 Å². The molecule has 25 heavy (non-hydrogen) atoms. The fourth-order valence-corrected chi connectivity index (χ4v) is 2.44.